The Balaban J connectivity index is 3.38. The zero-order valence-electron chi connectivity index (χ0n) is 26.2. The van der Waals surface area contributed by atoms with Gasteiger partial charge >= 0.3 is 12.1 Å². The summed E-state index contributed by atoms with van der Waals surface area (Å²) in [6.45, 7) is 9.67. The molecule has 0 aromatic heterocycles. The van der Waals surface area contributed by atoms with E-state index in [1.54, 1.807) is 51.6 Å². The molecule has 0 aliphatic carbocycles. The number of aromatic hydroxyl groups is 1. The third-order valence-corrected chi connectivity index (χ3v) is 6.98. The largest absolute Gasteiger partial charge is 0.508 e. The topological polar surface area (TPSA) is 134 Å². The smallest absolute Gasteiger partial charge is 0.408 e. The Bertz CT molecular complexity index is 966. The minimum atomic E-state index is -1.05. The van der Waals surface area contributed by atoms with Crippen molar-refractivity contribution in [3.8, 4) is 5.75 Å². The maximum absolute atomic E-state index is 14.2. The summed E-state index contributed by atoms with van der Waals surface area (Å²) in [6, 6.07) is 4.17. The van der Waals surface area contributed by atoms with E-state index in [9.17, 15) is 24.3 Å². The van der Waals surface area contributed by atoms with Crippen molar-refractivity contribution in [3.05, 3.63) is 29.8 Å². The first kappa shape index (κ1) is 37.1. The van der Waals surface area contributed by atoms with Gasteiger partial charge in [0.05, 0.1) is 13.0 Å². The van der Waals surface area contributed by atoms with Crippen molar-refractivity contribution in [2.24, 2.45) is 0 Å². The van der Waals surface area contributed by atoms with E-state index in [0.29, 0.717) is 24.2 Å². The van der Waals surface area contributed by atoms with Crippen molar-refractivity contribution in [2.75, 3.05) is 31.7 Å². The molecule has 2 unspecified atom stereocenters. The van der Waals surface area contributed by atoms with E-state index < -0.39 is 41.6 Å². The molecule has 0 spiro atoms. The molecule has 0 bridgehead atoms. The molecule has 0 aliphatic heterocycles. The van der Waals surface area contributed by atoms with E-state index in [1.165, 1.54) is 17.0 Å². The maximum atomic E-state index is 14.2. The third-order valence-electron chi connectivity index (χ3n) is 6.34. The number of alkyl carbamates (subject to hydrolysis) is 1. The summed E-state index contributed by atoms with van der Waals surface area (Å²) in [5.41, 5.74) is -0.246. The van der Waals surface area contributed by atoms with E-state index in [4.69, 9.17) is 9.47 Å². The average Bonchev–Trinajstić information content (AvgIpc) is 2.91. The summed E-state index contributed by atoms with van der Waals surface area (Å²) in [5.74, 6) is -0.671. The second kappa shape index (κ2) is 20.0. The number of nitrogens with one attached hydrogen (secondary N) is 2. The van der Waals surface area contributed by atoms with E-state index in [-0.39, 0.29) is 31.9 Å². The number of esters is 1. The van der Waals surface area contributed by atoms with Crippen LogP contribution in [-0.2, 0) is 23.9 Å². The monoisotopic (exact) mass is 609 g/mol. The summed E-state index contributed by atoms with van der Waals surface area (Å²) in [6.07, 6.45) is 7.45. The summed E-state index contributed by atoms with van der Waals surface area (Å²) in [7, 11) is 0. The molecular weight excluding hydrogens is 558 g/mol. The number of hydrogen-bond donors (Lipinski definition) is 3. The Morgan fingerprint density at radius 1 is 1.00 bits per heavy atom. The van der Waals surface area contributed by atoms with Gasteiger partial charge in [-0.15, -0.1) is 0 Å². The van der Waals surface area contributed by atoms with Gasteiger partial charge in [-0.2, -0.15) is 11.8 Å². The molecule has 1 rings (SSSR count). The molecule has 0 aliphatic rings. The molecule has 0 saturated heterocycles. The quantitative estimate of drug-likeness (QED) is 0.141. The van der Waals surface area contributed by atoms with E-state index in [0.717, 1.165) is 32.1 Å². The molecule has 1 aromatic rings. The molecule has 3 amide bonds. The molecule has 10 nitrogen and oxygen atoms in total. The van der Waals surface area contributed by atoms with Gasteiger partial charge in [0, 0.05) is 13.1 Å². The minimum absolute atomic E-state index is 0.0101. The van der Waals surface area contributed by atoms with Crippen LogP contribution >= 0.6 is 11.8 Å². The van der Waals surface area contributed by atoms with Crippen LogP contribution < -0.4 is 10.6 Å². The van der Waals surface area contributed by atoms with Crippen molar-refractivity contribution < 1.29 is 33.8 Å². The highest BCUT2D eigenvalue weighted by atomic mass is 32.2. The number of ether oxygens (including phenoxy) is 2. The normalized spacial score (nSPS) is 12.6. The molecule has 2 atom stereocenters. The number of benzene rings is 1. The van der Waals surface area contributed by atoms with Gasteiger partial charge in [0.1, 0.15) is 23.4 Å². The fourth-order valence-corrected chi connectivity index (χ4v) is 4.79. The summed E-state index contributed by atoms with van der Waals surface area (Å²) in [4.78, 5) is 54.0. The molecule has 11 heteroatoms. The van der Waals surface area contributed by atoms with Crippen LogP contribution in [0.3, 0.4) is 0 Å². The zero-order valence-corrected chi connectivity index (χ0v) is 27.0. The maximum Gasteiger partial charge on any atom is 0.408 e. The second-order valence-electron chi connectivity index (χ2n) is 11.1. The van der Waals surface area contributed by atoms with Crippen LogP contribution in [0.1, 0.15) is 97.6 Å². The van der Waals surface area contributed by atoms with Gasteiger partial charge in [0.2, 0.25) is 11.8 Å². The lowest BCUT2D eigenvalue weighted by atomic mass is 10.0. The van der Waals surface area contributed by atoms with Crippen LogP contribution in [0.15, 0.2) is 24.3 Å². The number of thioether (sulfide) groups is 1. The summed E-state index contributed by atoms with van der Waals surface area (Å²) < 4.78 is 10.4. The highest BCUT2D eigenvalue weighted by Gasteiger charge is 2.36. The number of unbranched alkanes of at least 4 members (excludes halogenated alkanes) is 5. The van der Waals surface area contributed by atoms with Gasteiger partial charge in [-0.3, -0.25) is 14.4 Å². The Morgan fingerprint density at radius 3 is 2.24 bits per heavy atom. The van der Waals surface area contributed by atoms with Gasteiger partial charge in [-0.05, 0) is 70.2 Å². The lowest BCUT2D eigenvalue weighted by Crippen LogP contribution is -2.53. The zero-order chi connectivity index (χ0) is 31.5. The van der Waals surface area contributed by atoms with Crippen LogP contribution in [0.5, 0.6) is 5.75 Å². The molecule has 3 N–H and O–H groups in total. The van der Waals surface area contributed by atoms with Gasteiger partial charge in [-0.1, -0.05) is 51.2 Å². The van der Waals surface area contributed by atoms with Crippen LogP contribution in [0, 0.1) is 0 Å². The van der Waals surface area contributed by atoms with Crippen molar-refractivity contribution in [1.82, 2.24) is 15.5 Å². The minimum Gasteiger partial charge on any atom is -0.508 e. The van der Waals surface area contributed by atoms with E-state index >= 15 is 0 Å². The summed E-state index contributed by atoms with van der Waals surface area (Å²) >= 11 is 1.55. The number of phenolic OH excluding ortho intramolecular Hbond substituents is 1. The average molecular weight is 610 g/mol. The second-order valence-corrected chi connectivity index (χ2v) is 12.1. The molecule has 42 heavy (non-hydrogen) atoms. The predicted octanol–water partition coefficient (Wildman–Crippen LogP) is 5.34. The molecule has 238 valence electrons. The molecule has 0 heterocycles. The van der Waals surface area contributed by atoms with E-state index in [2.05, 4.69) is 17.6 Å². The molecular formula is C31H51N3O7S. The predicted molar refractivity (Wildman–Crippen MR) is 166 cm³/mol. The SMILES string of the molecule is CCCCCCCCN(C(=O)C(CCSC)NC(=O)OC(C)(C)C)C(C(=O)NCCC(=O)OCC)c1ccc(O)cc1. The van der Waals surface area contributed by atoms with Crippen molar-refractivity contribution >= 4 is 35.6 Å². The third kappa shape index (κ3) is 14.8. The first-order valence-corrected chi connectivity index (χ1v) is 16.3. The lowest BCUT2D eigenvalue weighted by Gasteiger charge is -2.34. The Morgan fingerprint density at radius 2 is 1.64 bits per heavy atom. The van der Waals surface area contributed by atoms with Crippen molar-refractivity contribution in [3.63, 3.8) is 0 Å². The number of phenols is 1. The van der Waals surface area contributed by atoms with Gasteiger partial charge in [-0.25, -0.2) is 4.79 Å². The first-order chi connectivity index (χ1) is 19.9. The Hall–Kier alpha value is -2.95. The van der Waals surface area contributed by atoms with Crippen molar-refractivity contribution in [1.29, 1.82) is 0 Å². The van der Waals surface area contributed by atoms with Gasteiger partial charge < -0.3 is 30.1 Å². The number of hydrogen-bond acceptors (Lipinski definition) is 8. The van der Waals surface area contributed by atoms with Crippen LogP contribution in [0.4, 0.5) is 4.79 Å². The number of carbonyl (C=O) groups excluding carboxylic acids is 4. The molecule has 1 aromatic carbocycles. The lowest BCUT2D eigenvalue weighted by molar-refractivity contribution is -0.144. The summed E-state index contributed by atoms with van der Waals surface area (Å²) in [5, 5.41) is 15.4. The number of nitrogens with zero attached hydrogens (tertiary/aromatic N) is 1. The number of amides is 3. The number of carbonyl (C=O) groups is 4. The van der Waals surface area contributed by atoms with Gasteiger partial charge in [0.15, 0.2) is 0 Å². The fraction of sp³-hybridized carbons (Fsp3) is 0.677. The standard InChI is InChI=1S/C31H51N3O7S/c1-7-9-10-11-12-13-21-34(29(38)25(19-22-42-6)33-30(39)41-31(3,4)5)27(23-14-16-24(35)17-15-23)28(37)32-20-18-26(36)40-8-2/h14-17,25,27,35H,7-13,18-22H2,1-6H3,(H,32,37)(H,33,39). The van der Waals surface area contributed by atoms with Gasteiger partial charge in [0.25, 0.3) is 0 Å². The fourth-order valence-electron chi connectivity index (χ4n) is 4.32. The van der Waals surface area contributed by atoms with Crippen LogP contribution in [0.25, 0.3) is 0 Å². The molecule has 0 fully saturated rings. The van der Waals surface area contributed by atoms with Crippen LogP contribution in [-0.4, -0.2) is 77.2 Å². The molecule has 0 radical (unpaired) electrons. The van der Waals surface area contributed by atoms with E-state index in [1.807, 2.05) is 6.26 Å². The highest BCUT2D eigenvalue weighted by molar-refractivity contribution is 7.98. The molecule has 0 saturated carbocycles. The van der Waals surface area contributed by atoms with Crippen LogP contribution in [0.2, 0.25) is 0 Å². The highest BCUT2D eigenvalue weighted by Crippen LogP contribution is 2.26. The van der Waals surface area contributed by atoms with Crippen molar-refractivity contribution in [2.45, 2.75) is 104 Å². The number of rotatable bonds is 19. The Labute approximate surface area is 255 Å². The Kier molecular flexibility index (Phi) is 17.7. The first-order valence-electron chi connectivity index (χ1n) is 14.9.